The van der Waals surface area contributed by atoms with Crippen LogP contribution in [0.5, 0.6) is 0 Å². The monoisotopic (exact) mass is 373 g/mol. The van der Waals surface area contributed by atoms with Gasteiger partial charge < -0.3 is 15.1 Å². The second-order valence-corrected chi connectivity index (χ2v) is 7.37. The van der Waals surface area contributed by atoms with Crippen LogP contribution in [0.15, 0.2) is 60.7 Å². The maximum Gasteiger partial charge on any atom is 0.227 e. The fourth-order valence-electron chi connectivity index (χ4n) is 3.42. The van der Waals surface area contributed by atoms with E-state index in [1.807, 2.05) is 24.3 Å². The number of piperazine rings is 1. The Bertz CT molecular complexity index is 917. The molecule has 5 heteroatoms. The number of aromatic nitrogens is 2. The Balaban J connectivity index is 1.63. The molecule has 0 saturated carbocycles. The van der Waals surface area contributed by atoms with E-state index in [4.69, 9.17) is 9.97 Å². The van der Waals surface area contributed by atoms with Crippen LogP contribution in [0, 0.1) is 6.92 Å². The van der Waals surface area contributed by atoms with Crippen LogP contribution in [-0.4, -0.2) is 48.1 Å². The lowest BCUT2D eigenvalue weighted by Gasteiger charge is -2.32. The van der Waals surface area contributed by atoms with E-state index in [1.54, 1.807) is 0 Å². The van der Waals surface area contributed by atoms with Crippen molar-refractivity contribution in [2.45, 2.75) is 13.5 Å². The summed E-state index contributed by atoms with van der Waals surface area (Å²) in [5.74, 6) is 1.67. The number of likely N-dealkylation sites (N-methyl/N-ethyl adjacent to an activating group) is 1. The predicted octanol–water partition coefficient (Wildman–Crippen LogP) is 3.82. The van der Waals surface area contributed by atoms with Crippen molar-refractivity contribution >= 4 is 11.8 Å². The van der Waals surface area contributed by atoms with E-state index in [0.29, 0.717) is 0 Å². The first kappa shape index (κ1) is 18.4. The molecule has 1 N–H and O–H groups in total. The Morgan fingerprint density at radius 1 is 0.893 bits per heavy atom. The Morgan fingerprint density at radius 3 is 2.36 bits per heavy atom. The van der Waals surface area contributed by atoms with E-state index >= 15 is 0 Å². The maximum atomic E-state index is 4.88. The summed E-state index contributed by atoms with van der Waals surface area (Å²) in [6, 6.07) is 20.8. The minimum atomic E-state index is 0.750. The number of anilines is 2. The number of benzene rings is 2. The van der Waals surface area contributed by atoms with Crippen LogP contribution in [-0.2, 0) is 6.54 Å². The summed E-state index contributed by atoms with van der Waals surface area (Å²) in [5.41, 5.74) is 4.63. The molecule has 1 aliphatic rings. The van der Waals surface area contributed by atoms with Gasteiger partial charge in [0.05, 0.1) is 5.69 Å². The molecule has 5 nitrogen and oxygen atoms in total. The molecule has 1 fully saturated rings. The molecular weight excluding hydrogens is 346 g/mol. The van der Waals surface area contributed by atoms with Gasteiger partial charge in [0, 0.05) is 44.4 Å². The van der Waals surface area contributed by atoms with E-state index in [9.17, 15) is 0 Å². The molecular formula is C23H27N5. The number of nitrogens with one attached hydrogen (secondary N) is 1. The molecule has 3 aromatic rings. The Labute approximate surface area is 167 Å². The first-order chi connectivity index (χ1) is 13.7. The van der Waals surface area contributed by atoms with Crippen LogP contribution in [0.4, 0.5) is 11.8 Å². The van der Waals surface area contributed by atoms with Gasteiger partial charge in [-0.3, -0.25) is 0 Å². The third kappa shape index (κ3) is 4.31. The van der Waals surface area contributed by atoms with Crippen LogP contribution in [0.3, 0.4) is 0 Å². The smallest absolute Gasteiger partial charge is 0.227 e. The third-order valence-electron chi connectivity index (χ3n) is 5.29. The SMILES string of the molecule is Cc1ccccc1CNc1cc(-c2ccccc2)nc(N2CCN(C)CC2)n1. The van der Waals surface area contributed by atoms with Crippen LogP contribution in [0.2, 0.25) is 0 Å². The summed E-state index contributed by atoms with van der Waals surface area (Å²) in [6.07, 6.45) is 0. The van der Waals surface area contributed by atoms with E-state index in [2.05, 4.69) is 65.5 Å². The molecule has 0 bridgehead atoms. The van der Waals surface area contributed by atoms with E-state index in [0.717, 1.165) is 55.7 Å². The summed E-state index contributed by atoms with van der Waals surface area (Å²) in [6.45, 7) is 6.86. The molecule has 1 aromatic heterocycles. The number of aryl methyl sites for hydroxylation is 1. The number of rotatable bonds is 5. The van der Waals surface area contributed by atoms with Crippen molar-refractivity contribution in [2.75, 3.05) is 43.4 Å². The first-order valence-electron chi connectivity index (χ1n) is 9.85. The van der Waals surface area contributed by atoms with Crippen molar-refractivity contribution in [3.8, 4) is 11.3 Å². The molecule has 0 radical (unpaired) electrons. The molecule has 0 unspecified atom stereocenters. The minimum absolute atomic E-state index is 0.750. The summed E-state index contributed by atoms with van der Waals surface area (Å²) >= 11 is 0. The van der Waals surface area contributed by atoms with Crippen molar-refractivity contribution < 1.29 is 0 Å². The fraction of sp³-hybridized carbons (Fsp3) is 0.304. The van der Waals surface area contributed by atoms with Crippen molar-refractivity contribution in [3.63, 3.8) is 0 Å². The van der Waals surface area contributed by atoms with Gasteiger partial charge in [0.2, 0.25) is 5.95 Å². The van der Waals surface area contributed by atoms with Gasteiger partial charge in [-0.25, -0.2) is 4.98 Å². The standard InChI is InChI=1S/C23H27N5/c1-18-8-6-7-11-20(18)17-24-22-16-21(19-9-4-3-5-10-19)25-23(26-22)28-14-12-27(2)13-15-28/h3-11,16H,12-15,17H2,1-2H3,(H,24,25,26). The highest BCUT2D eigenvalue weighted by atomic mass is 15.3. The summed E-state index contributed by atoms with van der Waals surface area (Å²) < 4.78 is 0. The largest absolute Gasteiger partial charge is 0.366 e. The van der Waals surface area contributed by atoms with E-state index in [1.165, 1.54) is 11.1 Å². The van der Waals surface area contributed by atoms with Gasteiger partial charge in [-0.15, -0.1) is 0 Å². The molecule has 1 aliphatic heterocycles. The van der Waals surface area contributed by atoms with Crippen LogP contribution in [0.1, 0.15) is 11.1 Å². The lowest BCUT2D eigenvalue weighted by Crippen LogP contribution is -2.45. The molecule has 0 atom stereocenters. The van der Waals surface area contributed by atoms with Crippen molar-refractivity contribution in [1.82, 2.24) is 14.9 Å². The molecule has 2 aromatic carbocycles. The lowest BCUT2D eigenvalue weighted by atomic mass is 10.1. The van der Waals surface area contributed by atoms with Crippen molar-refractivity contribution in [3.05, 3.63) is 71.8 Å². The van der Waals surface area contributed by atoms with Crippen molar-refractivity contribution in [1.29, 1.82) is 0 Å². The lowest BCUT2D eigenvalue weighted by molar-refractivity contribution is 0.311. The van der Waals surface area contributed by atoms with E-state index < -0.39 is 0 Å². The minimum Gasteiger partial charge on any atom is -0.366 e. The number of nitrogens with zero attached hydrogens (tertiary/aromatic N) is 4. The van der Waals surface area contributed by atoms with Gasteiger partial charge in [-0.1, -0.05) is 54.6 Å². The molecule has 28 heavy (non-hydrogen) atoms. The van der Waals surface area contributed by atoms with Gasteiger partial charge in [0.25, 0.3) is 0 Å². The highest BCUT2D eigenvalue weighted by Gasteiger charge is 2.18. The zero-order chi connectivity index (χ0) is 19.3. The zero-order valence-electron chi connectivity index (χ0n) is 16.6. The second kappa shape index (κ2) is 8.40. The zero-order valence-corrected chi connectivity index (χ0v) is 16.6. The molecule has 1 saturated heterocycles. The maximum absolute atomic E-state index is 4.88. The quantitative estimate of drug-likeness (QED) is 0.737. The Morgan fingerprint density at radius 2 is 1.61 bits per heavy atom. The second-order valence-electron chi connectivity index (χ2n) is 7.37. The Kier molecular flexibility index (Phi) is 5.53. The van der Waals surface area contributed by atoms with Gasteiger partial charge in [0.1, 0.15) is 5.82 Å². The Hall–Kier alpha value is -2.92. The van der Waals surface area contributed by atoms with Gasteiger partial charge in [0.15, 0.2) is 0 Å². The van der Waals surface area contributed by atoms with E-state index in [-0.39, 0.29) is 0 Å². The predicted molar refractivity (Wildman–Crippen MR) is 116 cm³/mol. The van der Waals surface area contributed by atoms with Gasteiger partial charge in [-0.2, -0.15) is 4.98 Å². The topological polar surface area (TPSA) is 44.3 Å². The van der Waals surface area contributed by atoms with Gasteiger partial charge >= 0.3 is 0 Å². The third-order valence-corrected chi connectivity index (χ3v) is 5.29. The van der Waals surface area contributed by atoms with Crippen LogP contribution in [0.25, 0.3) is 11.3 Å². The van der Waals surface area contributed by atoms with Crippen LogP contribution < -0.4 is 10.2 Å². The summed E-state index contributed by atoms with van der Waals surface area (Å²) in [5, 5.41) is 3.51. The molecule has 0 aliphatic carbocycles. The fourth-order valence-corrected chi connectivity index (χ4v) is 3.42. The normalized spacial score (nSPS) is 14.9. The van der Waals surface area contributed by atoms with Crippen molar-refractivity contribution in [2.24, 2.45) is 0 Å². The molecule has 0 amide bonds. The first-order valence-corrected chi connectivity index (χ1v) is 9.85. The number of hydrogen-bond donors (Lipinski definition) is 1. The molecule has 2 heterocycles. The molecule has 4 rings (SSSR count). The highest BCUT2D eigenvalue weighted by Crippen LogP contribution is 2.24. The average Bonchev–Trinajstić information content (AvgIpc) is 2.74. The number of hydrogen-bond acceptors (Lipinski definition) is 5. The molecule has 0 spiro atoms. The van der Waals surface area contributed by atoms with Gasteiger partial charge in [-0.05, 0) is 25.1 Å². The summed E-state index contributed by atoms with van der Waals surface area (Å²) in [4.78, 5) is 14.3. The highest BCUT2D eigenvalue weighted by molar-refractivity contribution is 5.64. The molecule has 144 valence electrons. The van der Waals surface area contributed by atoms with Crippen LogP contribution >= 0.6 is 0 Å². The average molecular weight is 374 g/mol. The summed E-state index contributed by atoms with van der Waals surface area (Å²) in [7, 11) is 2.16.